The van der Waals surface area contributed by atoms with E-state index in [0.29, 0.717) is 17.4 Å². The van der Waals surface area contributed by atoms with Crippen LogP contribution in [0.15, 0.2) is 59.7 Å². The van der Waals surface area contributed by atoms with E-state index in [1.165, 1.54) is 0 Å². The van der Waals surface area contributed by atoms with Gasteiger partial charge in [-0.05, 0) is 23.8 Å². The van der Waals surface area contributed by atoms with Crippen LogP contribution in [0.4, 0.5) is 5.69 Å². The smallest absolute Gasteiger partial charge is 0.261 e. The van der Waals surface area contributed by atoms with E-state index in [0.717, 1.165) is 11.3 Å². The van der Waals surface area contributed by atoms with Gasteiger partial charge in [-0.15, -0.1) is 0 Å². The molecule has 0 atom stereocenters. The number of nitrogens with zero attached hydrogens (tertiary/aromatic N) is 2. The van der Waals surface area contributed by atoms with Crippen LogP contribution in [0, 0.1) is 0 Å². The first-order valence-corrected chi connectivity index (χ1v) is 6.27. The first-order chi connectivity index (χ1) is 9.78. The van der Waals surface area contributed by atoms with E-state index in [9.17, 15) is 4.79 Å². The molecular weight excluding hydrogens is 252 g/mol. The molecule has 0 bridgehead atoms. The van der Waals surface area contributed by atoms with E-state index in [1.807, 2.05) is 30.3 Å². The largest absolute Gasteiger partial charge is 0.324 e. The summed E-state index contributed by atoms with van der Waals surface area (Å²) in [6.07, 6.45) is 1.57. The number of rotatable bonds is 3. The van der Waals surface area contributed by atoms with Gasteiger partial charge in [-0.3, -0.25) is 15.2 Å². The van der Waals surface area contributed by atoms with Crippen molar-refractivity contribution in [2.24, 2.45) is 5.84 Å². The van der Waals surface area contributed by atoms with Gasteiger partial charge in [0.1, 0.15) is 0 Å². The summed E-state index contributed by atoms with van der Waals surface area (Å²) < 4.78 is 1.60. The molecule has 1 aromatic heterocycles. The molecule has 2 aromatic carbocycles. The summed E-state index contributed by atoms with van der Waals surface area (Å²) >= 11 is 0. The van der Waals surface area contributed by atoms with Crippen molar-refractivity contribution in [1.29, 1.82) is 0 Å². The van der Waals surface area contributed by atoms with Gasteiger partial charge in [0.05, 0.1) is 29.5 Å². The van der Waals surface area contributed by atoms with Crippen LogP contribution in [0.1, 0.15) is 5.56 Å². The van der Waals surface area contributed by atoms with Gasteiger partial charge in [-0.25, -0.2) is 4.98 Å². The van der Waals surface area contributed by atoms with Crippen LogP contribution in [0.3, 0.4) is 0 Å². The molecule has 0 spiro atoms. The van der Waals surface area contributed by atoms with E-state index >= 15 is 0 Å². The van der Waals surface area contributed by atoms with Crippen LogP contribution < -0.4 is 16.8 Å². The van der Waals surface area contributed by atoms with Gasteiger partial charge in [0.15, 0.2) is 0 Å². The average molecular weight is 266 g/mol. The van der Waals surface area contributed by atoms with Crippen LogP contribution in [0.25, 0.3) is 10.9 Å². The Bertz CT molecular complexity index is 796. The molecule has 0 saturated heterocycles. The predicted molar refractivity (Wildman–Crippen MR) is 79.4 cm³/mol. The van der Waals surface area contributed by atoms with Crippen LogP contribution in [-0.4, -0.2) is 9.55 Å². The Morgan fingerprint density at radius 2 is 1.95 bits per heavy atom. The summed E-state index contributed by atoms with van der Waals surface area (Å²) in [7, 11) is 0. The van der Waals surface area contributed by atoms with Gasteiger partial charge in [0.25, 0.3) is 5.56 Å². The zero-order chi connectivity index (χ0) is 13.9. The highest BCUT2D eigenvalue weighted by molar-refractivity contribution is 5.81. The number of aromatic nitrogens is 2. The summed E-state index contributed by atoms with van der Waals surface area (Å²) in [5.41, 5.74) is 4.92. The third-order valence-electron chi connectivity index (χ3n) is 3.19. The van der Waals surface area contributed by atoms with E-state index in [-0.39, 0.29) is 5.56 Å². The highest BCUT2D eigenvalue weighted by Gasteiger charge is 2.05. The van der Waals surface area contributed by atoms with Gasteiger partial charge in [-0.1, -0.05) is 30.3 Å². The molecule has 5 heteroatoms. The molecule has 0 aliphatic rings. The van der Waals surface area contributed by atoms with Gasteiger partial charge in [-0.2, -0.15) is 0 Å². The Kier molecular flexibility index (Phi) is 3.18. The van der Waals surface area contributed by atoms with Crippen molar-refractivity contribution in [3.63, 3.8) is 0 Å². The number of fused-ring (bicyclic) bond motifs is 1. The number of hydrogen-bond acceptors (Lipinski definition) is 4. The molecule has 0 unspecified atom stereocenters. The van der Waals surface area contributed by atoms with E-state index < -0.39 is 0 Å². The number of nitrogens with one attached hydrogen (secondary N) is 1. The van der Waals surface area contributed by atoms with Gasteiger partial charge < -0.3 is 5.43 Å². The molecule has 1 heterocycles. The third kappa shape index (κ3) is 2.26. The lowest BCUT2D eigenvalue weighted by Gasteiger charge is -2.07. The van der Waals surface area contributed by atoms with Gasteiger partial charge in [0.2, 0.25) is 0 Å². The summed E-state index contributed by atoms with van der Waals surface area (Å²) in [6, 6.07) is 15.1. The molecule has 0 saturated carbocycles. The third-order valence-corrected chi connectivity index (χ3v) is 3.19. The zero-order valence-electron chi connectivity index (χ0n) is 10.8. The summed E-state index contributed by atoms with van der Waals surface area (Å²) in [6.45, 7) is 0.513. The molecule has 100 valence electrons. The van der Waals surface area contributed by atoms with Crippen molar-refractivity contribution >= 4 is 16.6 Å². The Morgan fingerprint density at radius 3 is 2.70 bits per heavy atom. The predicted octanol–water partition coefficient (Wildman–Crippen LogP) is 1.73. The van der Waals surface area contributed by atoms with Crippen molar-refractivity contribution in [3.8, 4) is 0 Å². The first kappa shape index (κ1) is 12.4. The SMILES string of the molecule is NNc1ccc2c(=O)n(Cc3ccccc3)cnc2c1. The standard InChI is InChI=1S/C15H14N4O/c16-18-12-6-7-13-14(8-12)17-10-19(15(13)20)9-11-4-2-1-3-5-11/h1-8,10,18H,9,16H2. The Balaban J connectivity index is 2.05. The lowest BCUT2D eigenvalue weighted by molar-refractivity contribution is 0.748. The van der Waals surface area contributed by atoms with Crippen LogP contribution in [0.5, 0.6) is 0 Å². The monoisotopic (exact) mass is 266 g/mol. The zero-order valence-corrected chi connectivity index (χ0v) is 10.8. The van der Waals surface area contributed by atoms with Crippen molar-refractivity contribution < 1.29 is 0 Å². The second kappa shape index (κ2) is 5.14. The van der Waals surface area contributed by atoms with Crippen LogP contribution in [-0.2, 0) is 6.54 Å². The molecule has 3 N–H and O–H groups in total. The fraction of sp³-hybridized carbons (Fsp3) is 0.0667. The molecule has 20 heavy (non-hydrogen) atoms. The van der Waals surface area contributed by atoms with E-state index in [1.54, 1.807) is 29.1 Å². The minimum Gasteiger partial charge on any atom is -0.324 e. The highest BCUT2D eigenvalue weighted by Crippen LogP contribution is 2.13. The maximum atomic E-state index is 12.4. The number of benzene rings is 2. The van der Waals surface area contributed by atoms with E-state index in [4.69, 9.17) is 5.84 Å². The number of nitrogen functional groups attached to an aromatic ring is 1. The Labute approximate surface area is 115 Å². The summed E-state index contributed by atoms with van der Waals surface area (Å²) in [5, 5.41) is 0.586. The van der Waals surface area contributed by atoms with Gasteiger partial charge >= 0.3 is 0 Å². The first-order valence-electron chi connectivity index (χ1n) is 6.27. The molecule has 3 aromatic rings. The molecule has 0 amide bonds. The number of hydrazine groups is 1. The lowest BCUT2D eigenvalue weighted by Crippen LogP contribution is -2.21. The topological polar surface area (TPSA) is 72.9 Å². The minimum absolute atomic E-state index is 0.0533. The number of nitrogens with two attached hydrogens (primary N) is 1. The highest BCUT2D eigenvalue weighted by atomic mass is 16.1. The molecule has 0 aliphatic carbocycles. The number of hydrogen-bond donors (Lipinski definition) is 2. The second-order valence-corrected chi connectivity index (χ2v) is 4.54. The fourth-order valence-corrected chi connectivity index (χ4v) is 2.14. The van der Waals surface area contributed by atoms with E-state index in [2.05, 4.69) is 10.4 Å². The van der Waals surface area contributed by atoms with Gasteiger partial charge in [0, 0.05) is 0 Å². The normalized spacial score (nSPS) is 10.7. The molecular formula is C15H14N4O. The maximum absolute atomic E-state index is 12.4. The maximum Gasteiger partial charge on any atom is 0.261 e. The summed E-state index contributed by atoms with van der Waals surface area (Å²) in [5.74, 6) is 5.35. The number of anilines is 1. The average Bonchev–Trinajstić information content (AvgIpc) is 2.51. The Morgan fingerprint density at radius 1 is 1.15 bits per heavy atom. The lowest BCUT2D eigenvalue weighted by atomic mass is 10.2. The second-order valence-electron chi connectivity index (χ2n) is 4.54. The minimum atomic E-state index is -0.0533. The van der Waals surface area contributed by atoms with Crippen molar-refractivity contribution in [3.05, 3.63) is 70.8 Å². The summed E-state index contributed by atoms with van der Waals surface area (Å²) in [4.78, 5) is 16.7. The van der Waals surface area contributed by atoms with Crippen molar-refractivity contribution in [2.45, 2.75) is 6.54 Å². The van der Waals surface area contributed by atoms with Crippen molar-refractivity contribution in [1.82, 2.24) is 9.55 Å². The van der Waals surface area contributed by atoms with Crippen molar-refractivity contribution in [2.75, 3.05) is 5.43 Å². The molecule has 5 nitrogen and oxygen atoms in total. The molecule has 0 aliphatic heterocycles. The molecule has 3 rings (SSSR count). The van der Waals surface area contributed by atoms with Crippen LogP contribution in [0.2, 0.25) is 0 Å². The molecule has 0 fully saturated rings. The van der Waals surface area contributed by atoms with Crippen LogP contribution >= 0.6 is 0 Å². The quantitative estimate of drug-likeness (QED) is 0.559. The fourth-order valence-electron chi connectivity index (χ4n) is 2.14. The Hall–Kier alpha value is -2.66. The molecule has 0 radical (unpaired) electrons.